The first-order valence-corrected chi connectivity index (χ1v) is 3.16. The molecule has 0 bridgehead atoms. The van der Waals surface area contributed by atoms with E-state index in [0.717, 1.165) is 0 Å². The third-order valence-corrected chi connectivity index (χ3v) is 0.931. The highest BCUT2D eigenvalue weighted by Gasteiger charge is 2.40. The highest BCUT2D eigenvalue weighted by Crippen LogP contribution is 2.23. The minimum atomic E-state index is -4.80. The van der Waals surface area contributed by atoms with Crippen LogP contribution in [0, 0.1) is 0 Å². The average Bonchev–Trinajstić information content (AvgIpc) is 1.80. The second-order valence-electron chi connectivity index (χ2n) is 2.39. The van der Waals surface area contributed by atoms with Gasteiger partial charge in [0.15, 0.2) is 0 Å². The van der Waals surface area contributed by atoms with Crippen LogP contribution in [0.3, 0.4) is 0 Å². The van der Waals surface area contributed by atoms with Crippen LogP contribution in [0.2, 0.25) is 0 Å². The Bertz CT molecular complexity index is 110. The normalized spacial score (nSPS) is 15.5. The molecule has 0 aliphatic heterocycles. The molecule has 0 aromatic heterocycles. The Labute approximate surface area is 62.3 Å². The second-order valence-corrected chi connectivity index (χ2v) is 2.39. The predicted molar refractivity (Wildman–Crippen MR) is 32.0 cm³/mol. The molecule has 0 N–H and O–H groups in total. The fraction of sp³-hybridized carbons (Fsp3) is 1.00. The van der Waals surface area contributed by atoms with Gasteiger partial charge in [0.05, 0.1) is 12.7 Å². The van der Waals surface area contributed by atoms with Gasteiger partial charge in [-0.05, 0) is 13.8 Å². The Balaban J connectivity index is 3.61. The molecule has 11 heavy (non-hydrogen) atoms. The third-order valence-electron chi connectivity index (χ3n) is 0.931. The van der Waals surface area contributed by atoms with Crippen LogP contribution in [0.25, 0.3) is 0 Å². The fourth-order valence-corrected chi connectivity index (χ4v) is 0.371. The highest BCUT2D eigenvalue weighted by atomic mass is 19.4. The molecular formula is C6H10F4O. The zero-order valence-corrected chi connectivity index (χ0v) is 6.28. The maximum absolute atomic E-state index is 12.0. The van der Waals surface area contributed by atoms with E-state index >= 15 is 0 Å². The third kappa shape index (κ3) is 5.01. The summed E-state index contributed by atoms with van der Waals surface area (Å²) in [6, 6.07) is 0. The molecule has 0 saturated heterocycles. The topological polar surface area (TPSA) is 9.23 Å². The van der Waals surface area contributed by atoms with Crippen molar-refractivity contribution in [2.24, 2.45) is 0 Å². The van der Waals surface area contributed by atoms with Crippen molar-refractivity contribution < 1.29 is 22.3 Å². The molecule has 0 heterocycles. The van der Waals surface area contributed by atoms with E-state index in [1.54, 1.807) is 13.8 Å². The first-order chi connectivity index (χ1) is 4.84. The number of alkyl halides is 4. The Kier molecular flexibility index (Phi) is 3.78. The quantitative estimate of drug-likeness (QED) is 0.596. The summed E-state index contributed by atoms with van der Waals surface area (Å²) in [6.45, 7) is 2.17. The van der Waals surface area contributed by atoms with Gasteiger partial charge in [-0.3, -0.25) is 0 Å². The molecule has 0 aliphatic rings. The predicted octanol–water partition coefficient (Wildman–Crippen LogP) is 2.31. The first kappa shape index (κ1) is 10.7. The molecule has 0 saturated carbocycles. The van der Waals surface area contributed by atoms with Gasteiger partial charge in [-0.2, -0.15) is 13.2 Å². The van der Waals surface area contributed by atoms with Crippen molar-refractivity contribution in [1.82, 2.24) is 0 Å². The summed E-state index contributed by atoms with van der Waals surface area (Å²) in [5.74, 6) is 0. The van der Waals surface area contributed by atoms with E-state index in [4.69, 9.17) is 0 Å². The number of rotatable bonds is 3. The maximum atomic E-state index is 12.0. The second kappa shape index (κ2) is 3.90. The molecule has 5 heteroatoms. The molecule has 0 rings (SSSR count). The lowest BCUT2D eigenvalue weighted by atomic mass is 10.4. The Morgan fingerprint density at radius 2 is 1.73 bits per heavy atom. The van der Waals surface area contributed by atoms with Crippen molar-refractivity contribution in [3.05, 3.63) is 0 Å². The van der Waals surface area contributed by atoms with Crippen molar-refractivity contribution in [2.45, 2.75) is 32.3 Å². The summed E-state index contributed by atoms with van der Waals surface area (Å²) in [6.07, 6.45) is -8.05. The standard InChI is InChI=1S/C6H10F4O/c1-4(2)11-3-5(7)6(8,9)10/h4-5H,3H2,1-2H3. The van der Waals surface area contributed by atoms with Crippen LogP contribution in [0.4, 0.5) is 17.6 Å². The van der Waals surface area contributed by atoms with Crippen molar-refractivity contribution in [3.63, 3.8) is 0 Å². The highest BCUT2D eigenvalue weighted by molar-refractivity contribution is 4.64. The first-order valence-electron chi connectivity index (χ1n) is 3.16. The van der Waals surface area contributed by atoms with Gasteiger partial charge in [-0.1, -0.05) is 0 Å². The zero-order chi connectivity index (χ0) is 9.07. The minimum Gasteiger partial charge on any atom is -0.375 e. The Morgan fingerprint density at radius 3 is 2.00 bits per heavy atom. The van der Waals surface area contributed by atoms with Crippen molar-refractivity contribution in [1.29, 1.82) is 0 Å². The van der Waals surface area contributed by atoms with Crippen LogP contribution < -0.4 is 0 Å². The number of halogens is 4. The van der Waals surface area contributed by atoms with E-state index in [0.29, 0.717) is 0 Å². The van der Waals surface area contributed by atoms with Crippen LogP contribution in [-0.4, -0.2) is 25.1 Å². The van der Waals surface area contributed by atoms with Crippen molar-refractivity contribution >= 4 is 0 Å². The van der Waals surface area contributed by atoms with E-state index in [1.165, 1.54) is 0 Å². The molecule has 0 fully saturated rings. The van der Waals surface area contributed by atoms with Gasteiger partial charge in [0.2, 0.25) is 6.17 Å². The molecule has 0 amide bonds. The molecular weight excluding hydrogens is 164 g/mol. The molecule has 1 nitrogen and oxygen atoms in total. The smallest absolute Gasteiger partial charge is 0.375 e. The molecule has 0 radical (unpaired) electrons. The summed E-state index contributed by atoms with van der Waals surface area (Å²) < 4.78 is 50.8. The number of hydrogen-bond acceptors (Lipinski definition) is 1. The van der Waals surface area contributed by atoms with Gasteiger partial charge in [-0.25, -0.2) is 4.39 Å². The lowest BCUT2D eigenvalue weighted by Crippen LogP contribution is -2.30. The zero-order valence-electron chi connectivity index (χ0n) is 6.28. The maximum Gasteiger partial charge on any atom is 0.421 e. The van der Waals surface area contributed by atoms with Crippen LogP contribution >= 0.6 is 0 Å². The average molecular weight is 174 g/mol. The monoisotopic (exact) mass is 174 g/mol. The molecule has 1 unspecified atom stereocenters. The lowest BCUT2D eigenvalue weighted by molar-refractivity contribution is -0.196. The van der Waals surface area contributed by atoms with Gasteiger partial charge in [0.1, 0.15) is 0 Å². The summed E-state index contributed by atoms with van der Waals surface area (Å²) in [7, 11) is 0. The van der Waals surface area contributed by atoms with Gasteiger partial charge >= 0.3 is 6.18 Å². The van der Waals surface area contributed by atoms with Gasteiger partial charge in [0.25, 0.3) is 0 Å². The molecule has 0 aromatic rings. The lowest BCUT2D eigenvalue weighted by Gasteiger charge is -2.13. The molecule has 68 valence electrons. The van der Waals surface area contributed by atoms with E-state index in [-0.39, 0.29) is 6.10 Å². The van der Waals surface area contributed by atoms with Gasteiger partial charge in [-0.15, -0.1) is 0 Å². The van der Waals surface area contributed by atoms with Crippen molar-refractivity contribution in [3.8, 4) is 0 Å². The Hall–Kier alpha value is -0.320. The SMILES string of the molecule is CC(C)OCC(F)C(F)(F)F. The van der Waals surface area contributed by atoms with Crippen LogP contribution in [0.5, 0.6) is 0 Å². The molecule has 1 atom stereocenters. The van der Waals surface area contributed by atoms with E-state index in [2.05, 4.69) is 4.74 Å². The largest absolute Gasteiger partial charge is 0.421 e. The van der Waals surface area contributed by atoms with Gasteiger partial charge < -0.3 is 4.74 Å². The van der Waals surface area contributed by atoms with Crippen LogP contribution in [0.15, 0.2) is 0 Å². The summed E-state index contributed by atoms with van der Waals surface area (Å²) in [5, 5.41) is 0. The number of ether oxygens (including phenoxy) is 1. The van der Waals surface area contributed by atoms with Crippen LogP contribution in [-0.2, 0) is 4.74 Å². The minimum absolute atomic E-state index is 0.379. The Morgan fingerprint density at radius 1 is 1.27 bits per heavy atom. The van der Waals surface area contributed by atoms with E-state index < -0.39 is 19.0 Å². The molecule has 0 spiro atoms. The fourth-order valence-electron chi connectivity index (χ4n) is 0.371. The summed E-state index contributed by atoms with van der Waals surface area (Å²) in [5.41, 5.74) is 0. The summed E-state index contributed by atoms with van der Waals surface area (Å²) >= 11 is 0. The van der Waals surface area contributed by atoms with E-state index in [1.807, 2.05) is 0 Å². The summed E-state index contributed by atoms with van der Waals surface area (Å²) in [4.78, 5) is 0. The van der Waals surface area contributed by atoms with Crippen LogP contribution in [0.1, 0.15) is 13.8 Å². The molecule has 0 aromatic carbocycles. The molecule has 0 aliphatic carbocycles. The van der Waals surface area contributed by atoms with Gasteiger partial charge in [0, 0.05) is 0 Å². The van der Waals surface area contributed by atoms with E-state index in [9.17, 15) is 17.6 Å². The number of hydrogen-bond donors (Lipinski definition) is 0. The van der Waals surface area contributed by atoms with Crippen molar-refractivity contribution in [2.75, 3.05) is 6.61 Å².